The van der Waals surface area contributed by atoms with Gasteiger partial charge in [-0.2, -0.15) is 9.97 Å². The number of rotatable bonds is 4. The third kappa shape index (κ3) is 4.34. The van der Waals surface area contributed by atoms with Crippen LogP contribution >= 0.6 is 0 Å². The minimum absolute atomic E-state index is 0.250. The van der Waals surface area contributed by atoms with Gasteiger partial charge >= 0.3 is 0 Å². The van der Waals surface area contributed by atoms with Crippen molar-refractivity contribution >= 4 is 43.7 Å². The first-order valence-electron chi connectivity index (χ1n) is 18.0. The second-order valence-corrected chi connectivity index (χ2v) is 14.4. The van der Waals surface area contributed by atoms with Crippen molar-refractivity contribution < 1.29 is 4.42 Å². The molecule has 5 nitrogen and oxygen atoms in total. The summed E-state index contributed by atoms with van der Waals surface area (Å²) < 4.78 is 8.82. The standard InChI is InChI=1S/C48H32N4O/c1-48(2)39-23-9-6-18-32(39)35-26-27-36-33-19-7-10-24-40(33)52(43(36)42(35)48)47-50-45(31-17-12-16-30(28-31)29-14-4-3-5-15-29)49-46(51-47)38-22-13-21-37-34-20-8-11-25-41(34)53-44(37)38/h3-28H,1-2H3. The summed E-state index contributed by atoms with van der Waals surface area (Å²) in [5.74, 6) is 1.72. The Balaban J connectivity index is 1.24. The fourth-order valence-corrected chi connectivity index (χ4v) is 8.63. The van der Waals surface area contributed by atoms with E-state index in [0.717, 1.165) is 60.6 Å². The van der Waals surface area contributed by atoms with Gasteiger partial charge in [0, 0.05) is 32.5 Å². The molecule has 1 aliphatic rings. The first-order valence-corrected chi connectivity index (χ1v) is 18.0. The smallest absolute Gasteiger partial charge is 0.238 e. The van der Waals surface area contributed by atoms with Crippen LogP contribution < -0.4 is 0 Å². The average molecular weight is 681 g/mol. The molecule has 0 spiro atoms. The van der Waals surface area contributed by atoms with E-state index in [0.29, 0.717) is 17.6 Å². The van der Waals surface area contributed by atoms with Crippen LogP contribution in [0, 0.1) is 0 Å². The van der Waals surface area contributed by atoms with Crippen molar-refractivity contribution in [1.29, 1.82) is 0 Å². The third-order valence-corrected chi connectivity index (χ3v) is 11.0. The van der Waals surface area contributed by atoms with Gasteiger partial charge in [0.1, 0.15) is 11.2 Å². The maximum Gasteiger partial charge on any atom is 0.238 e. The van der Waals surface area contributed by atoms with E-state index in [1.54, 1.807) is 0 Å². The van der Waals surface area contributed by atoms with Crippen molar-refractivity contribution in [3.05, 3.63) is 169 Å². The lowest BCUT2D eigenvalue weighted by Crippen LogP contribution is -2.17. The number of furan rings is 1. The topological polar surface area (TPSA) is 56.7 Å². The van der Waals surface area contributed by atoms with Crippen LogP contribution in [-0.4, -0.2) is 19.5 Å². The first-order chi connectivity index (χ1) is 26.0. The van der Waals surface area contributed by atoms with Crippen LogP contribution in [0.4, 0.5) is 0 Å². The average Bonchev–Trinajstić information content (AvgIpc) is 3.84. The van der Waals surface area contributed by atoms with Crippen molar-refractivity contribution in [2.45, 2.75) is 19.3 Å². The van der Waals surface area contributed by atoms with E-state index in [1.807, 2.05) is 24.3 Å². The van der Waals surface area contributed by atoms with E-state index in [-0.39, 0.29) is 5.41 Å². The quantitative estimate of drug-likeness (QED) is 0.186. The molecule has 3 heterocycles. The van der Waals surface area contributed by atoms with Crippen molar-refractivity contribution in [3.8, 4) is 51.0 Å². The zero-order chi connectivity index (χ0) is 35.3. The molecular weight excluding hydrogens is 649 g/mol. The first kappa shape index (κ1) is 29.8. The van der Waals surface area contributed by atoms with Gasteiger partial charge in [0.05, 0.1) is 16.6 Å². The van der Waals surface area contributed by atoms with Gasteiger partial charge in [-0.15, -0.1) is 0 Å². The summed E-state index contributed by atoms with van der Waals surface area (Å²) in [6, 6.07) is 55.2. The van der Waals surface area contributed by atoms with Crippen molar-refractivity contribution in [3.63, 3.8) is 0 Å². The molecule has 0 radical (unpaired) electrons. The molecule has 5 heteroatoms. The number of fused-ring (bicyclic) bond motifs is 10. The highest BCUT2D eigenvalue weighted by molar-refractivity contribution is 6.13. The zero-order valence-corrected chi connectivity index (χ0v) is 29.2. The Hall–Kier alpha value is -6.85. The number of para-hydroxylation sites is 3. The van der Waals surface area contributed by atoms with Crippen molar-refractivity contribution in [2.75, 3.05) is 0 Å². The highest BCUT2D eigenvalue weighted by Gasteiger charge is 2.38. The lowest BCUT2D eigenvalue weighted by Gasteiger charge is -2.23. The molecular formula is C48H32N4O. The second-order valence-electron chi connectivity index (χ2n) is 14.4. The zero-order valence-electron chi connectivity index (χ0n) is 29.2. The summed E-state index contributed by atoms with van der Waals surface area (Å²) in [6.45, 7) is 4.67. The Labute approximate surface area is 305 Å². The highest BCUT2D eigenvalue weighted by Crippen LogP contribution is 2.53. The summed E-state index contributed by atoms with van der Waals surface area (Å²) in [6.07, 6.45) is 0. The van der Waals surface area contributed by atoms with Crippen LogP contribution in [0.1, 0.15) is 25.0 Å². The Kier molecular flexibility index (Phi) is 6.23. The van der Waals surface area contributed by atoms with Gasteiger partial charge in [0.2, 0.25) is 5.95 Å². The highest BCUT2D eigenvalue weighted by atomic mass is 16.3. The van der Waals surface area contributed by atoms with Crippen molar-refractivity contribution in [1.82, 2.24) is 19.5 Å². The molecule has 0 saturated carbocycles. The molecule has 1 aliphatic carbocycles. The Morgan fingerprint density at radius 1 is 0.491 bits per heavy atom. The lowest BCUT2D eigenvalue weighted by atomic mass is 9.81. The molecule has 0 fully saturated rings. The fraction of sp³-hybridized carbons (Fsp3) is 0.0625. The van der Waals surface area contributed by atoms with E-state index in [9.17, 15) is 0 Å². The monoisotopic (exact) mass is 680 g/mol. The van der Waals surface area contributed by atoms with Gasteiger partial charge in [0.25, 0.3) is 0 Å². The molecule has 0 unspecified atom stereocenters. The van der Waals surface area contributed by atoms with E-state index in [4.69, 9.17) is 19.4 Å². The summed E-state index contributed by atoms with van der Waals surface area (Å²) in [5.41, 5.74) is 12.6. The van der Waals surface area contributed by atoms with Crippen LogP contribution in [-0.2, 0) is 5.41 Å². The third-order valence-electron chi connectivity index (χ3n) is 11.0. The molecule has 0 bridgehead atoms. The van der Waals surface area contributed by atoms with Crippen LogP contribution in [0.25, 0.3) is 94.7 Å². The Morgan fingerprint density at radius 2 is 1.17 bits per heavy atom. The predicted molar refractivity (Wildman–Crippen MR) is 215 cm³/mol. The molecule has 7 aromatic carbocycles. The summed E-state index contributed by atoms with van der Waals surface area (Å²) >= 11 is 0. The summed E-state index contributed by atoms with van der Waals surface area (Å²) in [5, 5.41) is 4.43. The van der Waals surface area contributed by atoms with Gasteiger partial charge < -0.3 is 4.42 Å². The van der Waals surface area contributed by atoms with Gasteiger partial charge in [-0.1, -0.05) is 147 Å². The number of hydrogen-bond acceptors (Lipinski definition) is 4. The van der Waals surface area contributed by atoms with Gasteiger partial charge in [0.15, 0.2) is 11.6 Å². The van der Waals surface area contributed by atoms with Crippen molar-refractivity contribution in [2.24, 2.45) is 0 Å². The lowest BCUT2D eigenvalue weighted by molar-refractivity contribution is 0.663. The minimum atomic E-state index is -0.250. The number of benzene rings is 7. The van der Waals surface area contributed by atoms with Gasteiger partial charge in [-0.25, -0.2) is 4.98 Å². The molecule has 0 aliphatic heterocycles. The van der Waals surface area contributed by atoms with E-state index in [1.165, 1.54) is 27.6 Å². The van der Waals surface area contributed by atoms with Crippen LogP contribution in [0.2, 0.25) is 0 Å². The fourth-order valence-electron chi connectivity index (χ4n) is 8.63. The molecule has 11 rings (SSSR count). The van der Waals surface area contributed by atoms with Crippen LogP contribution in [0.15, 0.2) is 162 Å². The molecule has 0 amide bonds. The SMILES string of the molecule is CC1(C)c2ccccc2-c2ccc3c4ccccc4n(-c4nc(-c5cccc(-c6ccccc6)c5)nc(-c5cccc6c5oc5ccccc56)n4)c3c21. The molecule has 250 valence electrons. The normalized spacial score (nSPS) is 13.2. The van der Waals surface area contributed by atoms with E-state index < -0.39 is 0 Å². The molecule has 0 saturated heterocycles. The van der Waals surface area contributed by atoms with Gasteiger partial charge in [-0.3, -0.25) is 4.57 Å². The number of hydrogen-bond donors (Lipinski definition) is 0. The summed E-state index contributed by atoms with van der Waals surface area (Å²) in [7, 11) is 0. The molecule has 3 aromatic heterocycles. The van der Waals surface area contributed by atoms with Crippen LogP contribution in [0.5, 0.6) is 0 Å². The van der Waals surface area contributed by atoms with Gasteiger partial charge in [-0.05, 0) is 57.6 Å². The number of nitrogens with zero attached hydrogens (tertiary/aromatic N) is 4. The van der Waals surface area contributed by atoms with E-state index >= 15 is 0 Å². The Morgan fingerprint density at radius 3 is 2.08 bits per heavy atom. The molecule has 0 atom stereocenters. The second kappa shape index (κ2) is 11.1. The molecule has 53 heavy (non-hydrogen) atoms. The Bertz CT molecular complexity index is 3100. The van der Waals surface area contributed by atoms with Crippen LogP contribution in [0.3, 0.4) is 0 Å². The molecule has 0 N–H and O–H groups in total. The number of aromatic nitrogens is 4. The molecule has 10 aromatic rings. The summed E-state index contributed by atoms with van der Waals surface area (Å²) in [4.78, 5) is 16.0. The van der Waals surface area contributed by atoms with E-state index in [2.05, 4.69) is 152 Å². The largest absolute Gasteiger partial charge is 0.455 e. The maximum absolute atomic E-state index is 6.55. The maximum atomic E-state index is 6.55. The predicted octanol–water partition coefficient (Wildman–Crippen LogP) is 12.2. The minimum Gasteiger partial charge on any atom is -0.455 e.